The lowest BCUT2D eigenvalue weighted by Crippen LogP contribution is -2.34. The van der Waals surface area contributed by atoms with Crippen LogP contribution < -0.4 is 5.73 Å². The van der Waals surface area contributed by atoms with E-state index in [1.54, 1.807) is 12.1 Å². The molecule has 2 aromatic carbocycles. The summed E-state index contributed by atoms with van der Waals surface area (Å²) in [6, 6.07) is 13.3. The van der Waals surface area contributed by atoms with Crippen molar-refractivity contribution < 1.29 is 9.90 Å². The number of thioether (sulfide) groups is 1. The quantitative estimate of drug-likeness (QED) is 0.514. The number of phenols is 1. The van der Waals surface area contributed by atoms with Gasteiger partial charge in [0.15, 0.2) is 0 Å². The fraction of sp³-hybridized carbons (Fsp3) is 0.348. The van der Waals surface area contributed by atoms with Gasteiger partial charge in [0.2, 0.25) is 5.91 Å². The van der Waals surface area contributed by atoms with E-state index in [4.69, 9.17) is 5.73 Å². The zero-order valence-electron chi connectivity index (χ0n) is 16.4. The number of hydrogen-bond acceptors (Lipinski definition) is 4. The highest BCUT2D eigenvalue weighted by Gasteiger charge is 2.20. The van der Waals surface area contributed by atoms with Crippen LogP contribution in [-0.4, -0.2) is 46.3 Å². The zero-order chi connectivity index (χ0) is 20.2. The lowest BCUT2D eigenvalue weighted by molar-refractivity contribution is 0.100. The number of H-pyrrole nitrogens is 1. The van der Waals surface area contributed by atoms with Crippen LogP contribution in [0.15, 0.2) is 48.7 Å². The number of fused-ring (bicyclic) bond motifs is 1. The maximum Gasteiger partial charge on any atom is 0.248 e. The summed E-state index contributed by atoms with van der Waals surface area (Å²) in [5.74, 6) is 2.53. The van der Waals surface area contributed by atoms with Gasteiger partial charge in [-0.05, 0) is 73.3 Å². The number of phenolic OH excluding ortho intramolecular Hbond substituents is 1. The number of piperidine rings is 1. The molecule has 4 N–H and O–H groups in total. The van der Waals surface area contributed by atoms with Crippen LogP contribution in [0.3, 0.4) is 0 Å². The Morgan fingerprint density at radius 3 is 2.79 bits per heavy atom. The molecule has 1 saturated heterocycles. The van der Waals surface area contributed by atoms with E-state index in [9.17, 15) is 9.90 Å². The number of likely N-dealkylation sites (tertiary alicyclic amines) is 1. The van der Waals surface area contributed by atoms with Crippen LogP contribution in [0.5, 0.6) is 5.75 Å². The number of aromatic nitrogens is 1. The minimum atomic E-state index is -0.388. The third-order valence-electron chi connectivity index (χ3n) is 5.79. The number of aromatic amines is 1. The van der Waals surface area contributed by atoms with E-state index in [1.165, 1.54) is 11.1 Å². The second-order valence-corrected chi connectivity index (χ2v) is 8.81. The predicted molar refractivity (Wildman–Crippen MR) is 120 cm³/mol. The average Bonchev–Trinajstić information content (AvgIpc) is 3.14. The molecule has 0 atom stereocenters. The molecule has 2 heterocycles. The molecule has 1 fully saturated rings. The molecule has 1 aliphatic rings. The van der Waals surface area contributed by atoms with E-state index in [-0.39, 0.29) is 5.91 Å². The first-order valence-corrected chi connectivity index (χ1v) is 11.2. The van der Waals surface area contributed by atoms with E-state index in [2.05, 4.69) is 16.0 Å². The SMILES string of the molecule is NC(=O)c1ccc2[nH]cc(CSCCN3CCC(c4cccc(O)c4)CC3)c2c1. The van der Waals surface area contributed by atoms with Crippen molar-refractivity contribution >= 4 is 28.6 Å². The Balaban J connectivity index is 1.24. The second-order valence-electron chi connectivity index (χ2n) is 7.70. The van der Waals surface area contributed by atoms with Crippen molar-refractivity contribution in [3.05, 3.63) is 65.4 Å². The van der Waals surface area contributed by atoms with E-state index in [0.29, 0.717) is 17.2 Å². The third kappa shape index (κ3) is 4.77. The lowest BCUT2D eigenvalue weighted by Gasteiger charge is -2.32. The molecule has 1 aromatic heterocycles. The number of carbonyl (C=O) groups is 1. The molecular weight excluding hydrogens is 382 g/mol. The average molecular weight is 410 g/mol. The number of benzene rings is 2. The molecule has 0 aliphatic carbocycles. The van der Waals surface area contributed by atoms with Gasteiger partial charge in [0.05, 0.1) is 0 Å². The van der Waals surface area contributed by atoms with Gasteiger partial charge in [0.1, 0.15) is 5.75 Å². The van der Waals surface area contributed by atoms with Gasteiger partial charge in [-0.15, -0.1) is 0 Å². The van der Waals surface area contributed by atoms with Crippen molar-refractivity contribution in [2.75, 3.05) is 25.4 Å². The van der Waals surface area contributed by atoms with E-state index < -0.39 is 0 Å². The van der Waals surface area contributed by atoms with Crippen LogP contribution in [0.4, 0.5) is 0 Å². The Kier molecular flexibility index (Phi) is 6.11. The molecule has 0 spiro atoms. The summed E-state index contributed by atoms with van der Waals surface area (Å²) in [7, 11) is 0. The van der Waals surface area contributed by atoms with Gasteiger partial charge in [0.25, 0.3) is 0 Å². The van der Waals surface area contributed by atoms with E-state index in [0.717, 1.165) is 54.9 Å². The Hall–Kier alpha value is -2.44. The molecule has 0 saturated carbocycles. The smallest absolute Gasteiger partial charge is 0.248 e. The molecule has 4 rings (SSSR count). The third-order valence-corrected chi connectivity index (χ3v) is 6.78. The van der Waals surface area contributed by atoms with Crippen LogP contribution in [0.2, 0.25) is 0 Å². The number of rotatable bonds is 7. The lowest BCUT2D eigenvalue weighted by atomic mass is 9.89. The fourth-order valence-electron chi connectivity index (χ4n) is 4.10. The van der Waals surface area contributed by atoms with Gasteiger partial charge in [-0.1, -0.05) is 12.1 Å². The molecule has 0 radical (unpaired) electrons. The first kappa shape index (κ1) is 19.9. The summed E-state index contributed by atoms with van der Waals surface area (Å²) in [5.41, 5.74) is 9.48. The Morgan fingerprint density at radius 2 is 2.03 bits per heavy atom. The topological polar surface area (TPSA) is 82.4 Å². The molecule has 152 valence electrons. The standard InChI is InChI=1S/C23H27N3O2S/c24-23(28)18-4-5-22-21(13-18)19(14-25-22)15-29-11-10-26-8-6-16(7-9-26)17-2-1-3-20(27)12-17/h1-5,12-14,16,25,27H,6-11,15H2,(H2,24,28). The van der Waals surface area contributed by atoms with Crippen LogP contribution >= 0.6 is 11.8 Å². The van der Waals surface area contributed by atoms with Crippen molar-refractivity contribution in [1.82, 2.24) is 9.88 Å². The van der Waals surface area contributed by atoms with Gasteiger partial charge >= 0.3 is 0 Å². The first-order valence-electron chi connectivity index (χ1n) is 10.1. The molecule has 3 aromatic rings. The van der Waals surface area contributed by atoms with Crippen molar-refractivity contribution in [1.29, 1.82) is 0 Å². The van der Waals surface area contributed by atoms with Crippen LogP contribution in [0.1, 0.15) is 40.2 Å². The second kappa shape index (κ2) is 8.93. The summed E-state index contributed by atoms with van der Waals surface area (Å²) in [6.45, 7) is 3.30. The highest BCUT2D eigenvalue weighted by atomic mass is 32.2. The minimum absolute atomic E-state index is 0.363. The number of nitrogens with two attached hydrogens (primary N) is 1. The number of primary amides is 1. The molecule has 0 unspecified atom stereocenters. The van der Waals surface area contributed by atoms with Gasteiger partial charge in [0, 0.05) is 40.7 Å². The van der Waals surface area contributed by atoms with Crippen LogP contribution in [0.25, 0.3) is 10.9 Å². The highest BCUT2D eigenvalue weighted by Crippen LogP contribution is 2.30. The van der Waals surface area contributed by atoms with Gasteiger partial charge < -0.3 is 20.7 Å². The summed E-state index contributed by atoms with van der Waals surface area (Å²) in [6.07, 6.45) is 4.32. The molecular formula is C23H27N3O2S. The molecule has 29 heavy (non-hydrogen) atoms. The molecule has 1 aliphatic heterocycles. The van der Waals surface area contributed by atoms with Crippen molar-refractivity contribution in [3.8, 4) is 5.75 Å². The molecule has 0 bridgehead atoms. The Morgan fingerprint density at radius 1 is 1.21 bits per heavy atom. The van der Waals surface area contributed by atoms with Crippen LogP contribution in [0, 0.1) is 0 Å². The normalized spacial score (nSPS) is 15.7. The van der Waals surface area contributed by atoms with Crippen molar-refractivity contribution in [2.24, 2.45) is 5.73 Å². The number of nitrogens with one attached hydrogen (secondary N) is 1. The van der Waals surface area contributed by atoms with Crippen molar-refractivity contribution in [2.45, 2.75) is 24.5 Å². The summed E-state index contributed by atoms with van der Waals surface area (Å²) < 4.78 is 0. The summed E-state index contributed by atoms with van der Waals surface area (Å²) in [5, 5.41) is 10.8. The van der Waals surface area contributed by atoms with E-state index in [1.807, 2.05) is 42.2 Å². The predicted octanol–water partition coefficient (Wildman–Crippen LogP) is 4.09. The maximum atomic E-state index is 11.4. The molecule has 5 nitrogen and oxygen atoms in total. The number of hydrogen-bond donors (Lipinski definition) is 3. The monoisotopic (exact) mass is 409 g/mol. The summed E-state index contributed by atoms with van der Waals surface area (Å²) >= 11 is 1.92. The number of carbonyl (C=O) groups excluding carboxylic acids is 1. The first-order chi connectivity index (χ1) is 14.1. The minimum Gasteiger partial charge on any atom is -0.508 e. The van der Waals surface area contributed by atoms with E-state index >= 15 is 0 Å². The zero-order valence-corrected chi connectivity index (χ0v) is 17.3. The van der Waals surface area contributed by atoms with Gasteiger partial charge in [-0.3, -0.25) is 4.79 Å². The molecule has 6 heteroatoms. The number of amides is 1. The van der Waals surface area contributed by atoms with Gasteiger partial charge in [-0.25, -0.2) is 0 Å². The summed E-state index contributed by atoms with van der Waals surface area (Å²) in [4.78, 5) is 17.2. The van der Waals surface area contributed by atoms with Crippen molar-refractivity contribution in [3.63, 3.8) is 0 Å². The van der Waals surface area contributed by atoms with Gasteiger partial charge in [-0.2, -0.15) is 11.8 Å². The Labute approximate surface area is 175 Å². The number of nitrogens with zero attached hydrogens (tertiary/aromatic N) is 1. The largest absolute Gasteiger partial charge is 0.508 e. The number of aromatic hydroxyl groups is 1. The molecule has 1 amide bonds. The highest BCUT2D eigenvalue weighted by molar-refractivity contribution is 7.98. The Bertz CT molecular complexity index is 993. The van der Waals surface area contributed by atoms with Crippen LogP contribution in [-0.2, 0) is 5.75 Å². The maximum absolute atomic E-state index is 11.4. The fourth-order valence-corrected chi connectivity index (χ4v) is 5.09.